The second-order valence-electron chi connectivity index (χ2n) is 4.88. The average Bonchev–Trinajstić information content (AvgIpc) is 2.47. The van der Waals surface area contributed by atoms with Gasteiger partial charge in [0.25, 0.3) is 5.56 Å². The normalized spacial score (nSPS) is 10.7. The molecule has 0 spiro atoms. The van der Waals surface area contributed by atoms with E-state index in [1.165, 1.54) is 0 Å². The number of carboxylic acids is 1. The molecule has 1 heterocycles. The van der Waals surface area contributed by atoms with Crippen molar-refractivity contribution in [2.75, 3.05) is 5.32 Å². The number of anilines is 1. The second kappa shape index (κ2) is 5.33. The highest BCUT2D eigenvalue weighted by molar-refractivity contribution is 6.08. The molecule has 1 amide bonds. The first-order valence-electron chi connectivity index (χ1n) is 6.61. The van der Waals surface area contributed by atoms with Gasteiger partial charge in [0.1, 0.15) is 6.42 Å². The fourth-order valence-corrected chi connectivity index (χ4v) is 2.40. The number of hydrogen-bond acceptors (Lipinski definition) is 3. The lowest BCUT2D eigenvalue weighted by Gasteiger charge is -2.07. The number of benzene rings is 2. The summed E-state index contributed by atoms with van der Waals surface area (Å²) in [5.74, 6) is -1.78. The number of aromatic amines is 1. The summed E-state index contributed by atoms with van der Waals surface area (Å²) in [6.07, 6.45) is -0.593. The Morgan fingerprint density at radius 2 is 1.77 bits per heavy atom. The zero-order valence-corrected chi connectivity index (χ0v) is 11.4. The van der Waals surface area contributed by atoms with Gasteiger partial charge in [-0.15, -0.1) is 0 Å². The molecule has 1 aromatic heterocycles. The molecule has 0 saturated heterocycles. The van der Waals surface area contributed by atoms with Crippen LogP contribution in [0.15, 0.2) is 47.3 Å². The van der Waals surface area contributed by atoms with Crippen molar-refractivity contribution in [2.24, 2.45) is 0 Å². The monoisotopic (exact) mass is 296 g/mol. The molecule has 2 aromatic carbocycles. The Morgan fingerprint density at radius 1 is 1.05 bits per heavy atom. The molecule has 6 nitrogen and oxygen atoms in total. The van der Waals surface area contributed by atoms with Crippen molar-refractivity contribution < 1.29 is 14.7 Å². The number of carboxylic acid groups (broad SMARTS) is 1. The van der Waals surface area contributed by atoms with Gasteiger partial charge in [0.15, 0.2) is 0 Å². The summed E-state index contributed by atoms with van der Waals surface area (Å²) in [5.41, 5.74) is 0.960. The molecule has 0 fully saturated rings. The molecule has 22 heavy (non-hydrogen) atoms. The van der Waals surface area contributed by atoms with Gasteiger partial charge in [-0.05, 0) is 29.7 Å². The number of rotatable bonds is 3. The number of pyridine rings is 1. The molecular weight excluding hydrogens is 284 g/mol. The van der Waals surface area contributed by atoms with E-state index in [1.807, 2.05) is 12.1 Å². The van der Waals surface area contributed by atoms with E-state index in [-0.39, 0.29) is 5.56 Å². The molecular formula is C16H12N2O4. The van der Waals surface area contributed by atoms with E-state index in [9.17, 15) is 14.4 Å². The fourth-order valence-electron chi connectivity index (χ4n) is 2.40. The van der Waals surface area contributed by atoms with Crippen LogP contribution in [0.2, 0.25) is 0 Å². The highest BCUT2D eigenvalue weighted by Gasteiger charge is 2.09. The molecule has 0 aliphatic rings. The summed E-state index contributed by atoms with van der Waals surface area (Å²) < 4.78 is 0. The Labute approximate surface area is 124 Å². The van der Waals surface area contributed by atoms with Crippen molar-refractivity contribution in [2.45, 2.75) is 6.42 Å². The minimum Gasteiger partial charge on any atom is -0.481 e. The summed E-state index contributed by atoms with van der Waals surface area (Å²) in [6, 6.07) is 12.2. The number of aliphatic carboxylic acids is 1. The third-order valence-electron chi connectivity index (χ3n) is 3.33. The molecule has 3 aromatic rings. The van der Waals surface area contributed by atoms with Crippen molar-refractivity contribution >= 4 is 39.2 Å². The van der Waals surface area contributed by atoms with Crippen molar-refractivity contribution in [3.05, 3.63) is 52.8 Å². The van der Waals surface area contributed by atoms with E-state index in [0.29, 0.717) is 16.6 Å². The van der Waals surface area contributed by atoms with Crippen molar-refractivity contribution in [3.8, 4) is 0 Å². The number of carbonyl (C=O) groups excluding carboxylic acids is 1. The summed E-state index contributed by atoms with van der Waals surface area (Å²) in [4.78, 5) is 36.8. The molecule has 0 unspecified atom stereocenters. The zero-order valence-electron chi connectivity index (χ0n) is 11.4. The van der Waals surface area contributed by atoms with Crippen LogP contribution in [0.4, 0.5) is 5.69 Å². The number of aromatic nitrogens is 1. The van der Waals surface area contributed by atoms with Crippen molar-refractivity contribution in [3.63, 3.8) is 0 Å². The van der Waals surface area contributed by atoms with Crippen LogP contribution in [0.5, 0.6) is 0 Å². The number of nitrogens with one attached hydrogen (secondary N) is 2. The van der Waals surface area contributed by atoms with Gasteiger partial charge in [0.05, 0.1) is 0 Å². The first kappa shape index (κ1) is 13.8. The van der Waals surface area contributed by atoms with Gasteiger partial charge in [0, 0.05) is 22.0 Å². The van der Waals surface area contributed by atoms with E-state index >= 15 is 0 Å². The number of carbonyl (C=O) groups is 2. The maximum absolute atomic E-state index is 12.0. The van der Waals surface area contributed by atoms with Crippen LogP contribution in [0.1, 0.15) is 6.42 Å². The molecule has 0 aliphatic heterocycles. The quantitative estimate of drug-likeness (QED) is 0.509. The predicted octanol–water partition coefficient (Wildman–Crippen LogP) is 2.09. The summed E-state index contributed by atoms with van der Waals surface area (Å²) in [5, 5.41) is 13.3. The Morgan fingerprint density at radius 3 is 2.50 bits per heavy atom. The van der Waals surface area contributed by atoms with Gasteiger partial charge in [-0.1, -0.05) is 18.2 Å². The average molecular weight is 296 g/mol. The SMILES string of the molecule is O=C(O)CC(=O)Nc1ccc2[nH]c(=O)c3ccccc3c2c1. The number of hydrogen-bond donors (Lipinski definition) is 3. The Bertz CT molecular complexity index is 959. The largest absolute Gasteiger partial charge is 0.481 e. The van der Waals surface area contributed by atoms with Gasteiger partial charge < -0.3 is 15.4 Å². The molecule has 0 bridgehead atoms. The van der Waals surface area contributed by atoms with Crippen LogP contribution in [-0.2, 0) is 9.59 Å². The number of H-pyrrole nitrogens is 1. The number of amides is 1. The van der Waals surface area contributed by atoms with Crippen LogP contribution in [0.3, 0.4) is 0 Å². The summed E-state index contributed by atoms with van der Waals surface area (Å²) in [6.45, 7) is 0. The highest BCUT2D eigenvalue weighted by Crippen LogP contribution is 2.24. The van der Waals surface area contributed by atoms with Crippen molar-refractivity contribution in [1.29, 1.82) is 0 Å². The molecule has 0 radical (unpaired) electrons. The summed E-state index contributed by atoms with van der Waals surface area (Å²) in [7, 11) is 0. The van der Waals surface area contributed by atoms with Crippen LogP contribution in [-0.4, -0.2) is 22.0 Å². The van der Waals surface area contributed by atoms with Crippen LogP contribution in [0, 0.1) is 0 Å². The van der Waals surface area contributed by atoms with Gasteiger partial charge in [-0.2, -0.15) is 0 Å². The van der Waals surface area contributed by atoms with Gasteiger partial charge in [-0.25, -0.2) is 0 Å². The molecule has 6 heteroatoms. The lowest BCUT2D eigenvalue weighted by atomic mass is 10.1. The highest BCUT2D eigenvalue weighted by atomic mass is 16.4. The third kappa shape index (κ3) is 2.54. The third-order valence-corrected chi connectivity index (χ3v) is 3.33. The smallest absolute Gasteiger partial charge is 0.312 e. The first-order valence-corrected chi connectivity index (χ1v) is 6.61. The van der Waals surface area contributed by atoms with E-state index in [4.69, 9.17) is 5.11 Å². The minimum absolute atomic E-state index is 0.175. The summed E-state index contributed by atoms with van der Waals surface area (Å²) >= 11 is 0. The standard InChI is InChI=1S/C16H12N2O4/c19-14(8-15(20)21)17-9-5-6-13-12(7-9)10-3-1-2-4-11(10)16(22)18-13/h1-7H,8H2,(H,17,19)(H,18,22)(H,20,21). The molecule has 0 saturated carbocycles. The minimum atomic E-state index is -1.19. The Kier molecular flexibility index (Phi) is 3.34. The Hall–Kier alpha value is -3.15. The van der Waals surface area contributed by atoms with Crippen molar-refractivity contribution in [1.82, 2.24) is 4.98 Å². The first-order chi connectivity index (χ1) is 10.5. The van der Waals surface area contributed by atoms with Crippen LogP contribution >= 0.6 is 0 Å². The van der Waals surface area contributed by atoms with Gasteiger partial charge in [0.2, 0.25) is 5.91 Å². The zero-order chi connectivity index (χ0) is 15.7. The maximum atomic E-state index is 12.0. The van der Waals surface area contributed by atoms with Crippen LogP contribution < -0.4 is 10.9 Å². The molecule has 110 valence electrons. The molecule has 0 aliphatic carbocycles. The lowest BCUT2D eigenvalue weighted by molar-refractivity contribution is -0.139. The van der Waals surface area contributed by atoms with E-state index in [1.54, 1.807) is 30.3 Å². The number of fused-ring (bicyclic) bond motifs is 3. The maximum Gasteiger partial charge on any atom is 0.312 e. The second-order valence-corrected chi connectivity index (χ2v) is 4.88. The topological polar surface area (TPSA) is 99.3 Å². The molecule has 0 atom stereocenters. The molecule has 3 N–H and O–H groups in total. The Balaban J connectivity index is 2.11. The van der Waals surface area contributed by atoms with Gasteiger partial charge in [-0.3, -0.25) is 14.4 Å². The lowest BCUT2D eigenvalue weighted by Crippen LogP contribution is -2.16. The predicted molar refractivity (Wildman–Crippen MR) is 83.0 cm³/mol. The van der Waals surface area contributed by atoms with E-state index in [0.717, 1.165) is 10.8 Å². The fraction of sp³-hybridized carbons (Fsp3) is 0.0625. The van der Waals surface area contributed by atoms with Gasteiger partial charge >= 0.3 is 5.97 Å². The molecule has 3 rings (SSSR count). The van der Waals surface area contributed by atoms with Crippen LogP contribution in [0.25, 0.3) is 21.7 Å². The van der Waals surface area contributed by atoms with E-state index < -0.39 is 18.3 Å². The van der Waals surface area contributed by atoms with E-state index in [2.05, 4.69) is 10.3 Å².